The summed E-state index contributed by atoms with van der Waals surface area (Å²) in [4.78, 5) is 19.4. The third-order valence-electron chi connectivity index (χ3n) is 4.12. The Morgan fingerprint density at radius 1 is 1.29 bits per heavy atom. The van der Waals surface area contributed by atoms with Crippen LogP contribution in [0, 0.1) is 5.92 Å². The Balaban J connectivity index is 1.45. The number of hydrogen-bond donors (Lipinski definition) is 3. The maximum absolute atomic E-state index is 11.9. The molecule has 0 atom stereocenters. The minimum Gasteiger partial charge on any atom is -0.324 e. The number of amides is 1. The van der Waals surface area contributed by atoms with Crippen LogP contribution in [0.2, 0.25) is 0 Å². The second-order valence-corrected chi connectivity index (χ2v) is 5.74. The van der Waals surface area contributed by atoms with Gasteiger partial charge in [-0.05, 0) is 56.8 Å². The SMILES string of the molecule is O=C(CCCC1CCNCC1)Nc1nc2ccccc2[nH]1. The third-order valence-corrected chi connectivity index (χ3v) is 4.12. The van der Waals surface area contributed by atoms with E-state index in [0.717, 1.165) is 42.9 Å². The topological polar surface area (TPSA) is 69.8 Å². The molecular weight excluding hydrogens is 264 g/mol. The van der Waals surface area contributed by atoms with Crippen LogP contribution in [0.25, 0.3) is 11.0 Å². The molecule has 0 unspecified atom stereocenters. The van der Waals surface area contributed by atoms with Gasteiger partial charge in [-0.3, -0.25) is 10.1 Å². The maximum Gasteiger partial charge on any atom is 0.226 e. The maximum atomic E-state index is 11.9. The molecule has 1 aliphatic heterocycles. The van der Waals surface area contributed by atoms with Gasteiger partial charge in [0.25, 0.3) is 0 Å². The molecule has 112 valence electrons. The van der Waals surface area contributed by atoms with Gasteiger partial charge in [-0.2, -0.15) is 0 Å². The molecule has 0 saturated carbocycles. The molecule has 2 heterocycles. The number of piperidine rings is 1. The van der Waals surface area contributed by atoms with Crippen LogP contribution in [0.1, 0.15) is 32.1 Å². The zero-order chi connectivity index (χ0) is 14.5. The lowest BCUT2D eigenvalue weighted by atomic mass is 9.92. The predicted molar refractivity (Wildman–Crippen MR) is 84.2 cm³/mol. The van der Waals surface area contributed by atoms with E-state index >= 15 is 0 Å². The molecule has 1 aromatic heterocycles. The quantitative estimate of drug-likeness (QED) is 0.791. The van der Waals surface area contributed by atoms with Crippen LogP contribution in [0.4, 0.5) is 5.95 Å². The van der Waals surface area contributed by atoms with Crippen LogP contribution < -0.4 is 10.6 Å². The van der Waals surface area contributed by atoms with Crippen molar-refractivity contribution in [3.05, 3.63) is 24.3 Å². The van der Waals surface area contributed by atoms with Crippen molar-refractivity contribution in [1.29, 1.82) is 0 Å². The zero-order valence-electron chi connectivity index (χ0n) is 12.2. The van der Waals surface area contributed by atoms with Gasteiger partial charge in [0.05, 0.1) is 11.0 Å². The van der Waals surface area contributed by atoms with Crippen LogP contribution in [0.3, 0.4) is 0 Å². The molecule has 2 aromatic rings. The first kappa shape index (κ1) is 14.1. The van der Waals surface area contributed by atoms with Crippen molar-refractivity contribution in [2.75, 3.05) is 18.4 Å². The number of H-pyrrole nitrogens is 1. The molecule has 3 rings (SSSR count). The van der Waals surface area contributed by atoms with Crippen molar-refractivity contribution < 1.29 is 4.79 Å². The summed E-state index contributed by atoms with van der Waals surface area (Å²) in [5.41, 5.74) is 1.82. The summed E-state index contributed by atoms with van der Waals surface area (Å²) in [6.45, 7) is 2.24. The van der Waals surface area contributed by atoms with Crippen LogP contribution in [0.5, 0.6) is 0 Å². The molecule has 0 bridgehead atoms. The molecule has 1 amide bonds. The van der Waals surface area contributed by atoms with E-state index in [-0.39, 0.29) is 5.91 Å². The minimum absolute atomic E-state index is 0.0444. The largest absolute Gasteiger partial charge is 0.324 e. The number of benzene rings is 1. The van der Waals surface area contributed by atoms with Crippen molar-refractivity contribution in [2.24, 2.45) is 5.92 Å². The first-order chi connectivity index (χ1) is 10.3. The van der Waals surface area contributed by atoms with Gasteiger partial charge in [-0.15, -0.1) is 0 Å². The highest BCUT2D eigenvalue weighted by molar-refractivity contribution is 5.90. The number of fused-ring (bicyclic) bond motifs is 1. The lowest BCUT2D eigenvalue weighted by Crippen LogP contribution is -2.27. The molecule has 1 aromatic carbocycles. The van der Waals surface area contributed by atoms with Crippen molar-refractivity contribution in [1.82, 2.24) is 15.3 Å². The fraction of sp³-hybridized carbons (Fsp3) is 0.500. The fourth-order valence-corrected chi connectivity index (χ4v) is 2.93. The molecule has 3 N–H and O–H groups in total. The van der Waals surface area contributed by atoms with Gasteiger partial charge < -0.3 is 10.3 Å². The van der Waals surface area contributed by atoms with Gasteiger partial charge in [0, 0.05) is 6.42 Å². The highest BCUT2D eigenvalue weighted by atomic mass is 16.1. The molecular formula is C16H22N4O. The van der Waals surface area contributed by atoms with E-state index in [1.807, 2.05) is 24.3 Å². The number of aromatic nitrogens is 2. The van der Waals surface area contributed by atoms with Crippen molar-refractivity contribution in [2.45, 2.75) is 32.1 Å². The normalized spacial score (nSPS) is 16.2. The first-order valence-corrected chi connectivity index (χ1v) is 7.76. The van der Waals surface area contributed by atoms with Gasteiger partial charge in [-0.1, -0.05) is 12.1 Å². The molecule has 21 heavy (non-hydrogen) atoms. The average molecular weight is 286 g/mol. The van der Waals surface area contributed by atoms with Gasteiger partial charge in [0.1, 0.15) is 0 Å². The van der Waals surface area contributed by atoms with Crippen molar-refractivity contribution in [3.63, 3.8) is 0 Å². The fourth-order valence-electron chi connectivity index (χ4n) is 2.93. The number of para-hydroxylation sites is 2. The summed E-state index contributed by atoms with van der Waals surface area (Å²) in [6.07, 6.45) is 5.16. The van der Waals surface area contributed by atoms with Crippen LogP contribution >= 0.6 is 0 Å². The number of carbonyl (C=O) groups is 1. The number of anilines is 1. The number of rotatable bonds is 5. The Kier molecular flexibility index (Phi) is 4.50. The van der Waals surface area contributed by atoms with Crippen molar-refractivity contribution in [3.8, 4) is 0 Å². The smallest absolute Gasteiger partial charge is 0.226 e. The van der Waals surface area contributed by atoms with Gasteiger partial charge in [0.2, 0.25) is 11.9 Å². The lowest BCUT2D eigenvalue weighted by Gasteiger charge is -2.22. The van der Waals surface area contributed by atoms with E-state index < -0.39 is 0 Å². The second kappa shape index (κ2) is 6.72. The number of carbonyl (C=O) groups excluding carboxylic acids is 1. The summed E-state index contributed by atoms with van der Waals surface area (Å²) < 4.78 is 0. The monoisotopic (exact) mass is 286 g/mol. The summed E-state index contributed by atoms with van der Waals surface area (Å²) in [7, 11) is 0. The van der Waals surface area contributed by atoms with E-state index in [2.05, 4.69) is 20.6 Å². The highest BCUT2D eigenvalue weighted by Gasteiger charge is 2.13. The number of hydrogen-bond acceptors (Lipinski definition) is 3. The van der Waals surface area contributed by atoms with Crippen LogP contribution in [-0.2, 0) is 4.79 Å². The molecule has 5 heteroatoms. The molecule has 0 spiro atoms. The van der Waals surface area contributed by atoms with E-state index in [1.54, 1.807) is 0 Å². The Bertz CT molecular complexity index is 568. The molecule has 1 aliphatic rings. The van der Waals surface area contributed by atoms with Gasteiger partial charge >= 0.3 is 0 Å². The Morgan fingerprint density at radius 3 is 2.90 bits per heavy atom. The lowest BCUT2D eigenvalue weighted by molar-refractivity contribution is -0.116. The van der Waals surface area contributed by atoms with Crippen LogP contribution in [-0.4, -0.2) is 29.0 Å². The van der Waals surface area contributed by atoms with Gasteiger partial charge in [0.15, 0.2) is 0 Å². The number of nitrogens with one attached hydrogen (secondary N) is 3. The second-order valence-electron chi connectivity index (χ2n) is 5.74. The highest BCUT2D eigenvalue weighted by Crippen LogP contribution is 2.19. The Morgan fingerprint density at radius 2 is 2.10 bits per heavy atom. The molecule has 0 aliphatic carbocycles. The minimum atomic E-state index is 0.0444. The molecule has 1 fully saturated rings. The van der Waals surface area contributed by atoms with Crippen LogP contribution in [0.15, 0.2) is 24.3 Å². The molecule has 0 radical (unpaired) electrons. The first-order valence-electron chi connectivity index (χ1n) is 7.76. The van der Waals surface area contributed by atoms with Gasteiger partial charge in [-0.25, -0.2) is 4.98 Å². The molecule has 5 nitrogen and oxygen atoms in total. The summed E-state index contributed by atoms with van der Waals surface area (Å²) in [6, 6.07) is 7.77. The Hall–Kier alpha value is -1.88. The Labute approximate surface area is 124 Å². The predicted octanol–water partition coefficient (Wildman–Crippen LogP) is 2.67. The number of nitrogens with zero attached hydrogens (tertiary/aromatic N) is 1. The summed E-state index contributed by atoms with van der Waals surface area (Å²) in [5.74, 6) is 1.37. The van der Waals surface area contributed by atoms with Crippen molar-refractivity contribution >= 4 is 22.9 Å². The average Bonchev–Trinajstić information content (AvgIpc) is 2.90. The van der Waals surface area contributed by atoms with E-state index in [0.29, 0.717) is 12.4 Å². The summed E-state index contributed by atoms with van der Waals surface area (Å²) in [5, 5.41) is 6.22. The summed E-state index contributed by atoms with van der Waals surface area (Å²) >= 11 is 0. The molecule has 1 saturated heterocycles. The van der Waals surface area contributed by atoms with E-state index in [9.17, 15) is 4.79 Å². The number of imidazole rings is 1. The van der Waals surface area contributed by atoms with E-state index in [4.69, 9.17) is 0 Å². The zero-order valence-corrected chi connectivity index (χ0v) is 12.2. The van der Waals surface area contributed by atoms with E-state index in [1.165, 1.54) is 12.8 Å². The standard InChI is InChI=1S/C16H22N4O/c21-15(7-3-4-12-8-10-17-11-9-12)20-16-18-13-5-1-2-6-14(13)19-16/h1-2,5-6,12,17H,3-4,7-11H2,(H2,18,19,20,21). The number of aromatic amines is 1. The third kappa shape index (κ3) is 3.82.